The summed E-state index contributed by atoms with van der Waals surface area (Å²) in [6.07, 6.45) is 0. The molecule has 0 N–H and O–H groups in total. The van der Waals surface area contributed by atoms with Gasteiger partial charge in [-0.1, -0.05) is 84.9 Å². The molecule has 7 aromatic rings. The molecule has 0 heterocycles. The molecule has 0 fully saturated rings. The summed E-state index contributed by atoms with van der Waals surface area (Å²) in [7, 11) is 0. The van der Waals surface area contributed by atoms with Crippen molar-refractivity contribution in [3.05, 3.63) is 119 Å². The minimum atomic E-state index is 0.0834. The van der Waals surface area contributed by atoms with Crippen LogP contribution in [-0.2, 0) is 4.79 Å². The fourth-order valence-corrected chi connectivity index (χ4v) is 6.84. The SMILES string of the molecule is C=O.O=C1c2ccccc2-c2ccc3c4ccc5c6c(ccc(c7ccc1c2c73)c64)C(=O)c1ccccc1-5. The van der Waals surface area contributed by atoms with E-state index in [1.807, 2.05) is 67.5 Å². The van der Waals surface area contributed by atoms with Crippen LogP contribution in [0.5, 0.6) is 0 Å². The Morgan fingerprint density at radius 1 is 0.316 bits per heavy atom. The number of rotatable bonds is 0. The highest BCUT2D eigenvalue weighted by Gasteiger charge is 2.30. The molecule has 0 saturated heterocycles. The van der Waals surface area contributed by atoms with E-state index in [0.29, 0.717) is 0 Å². The third kappa shape index (κ3) is 2.32. The largest absolute Gasteiger partial charge is 0.307 e. The van der Waals surface area contributed by atoms with Gasteiger partial charge in [-0.05, 0) is 66.7 Å². The lowest BCUT2D eigenvalue weighted by Crippen LogP contribution is -2.11. The maximum Gasteiger partial charge on any atom is 0.194 e. The van der Waals surface area contributed by atoms with E-state index in [1.54, 1.807) is 0 Å². The van der Waals surface area contributed by atoms with Gasteiger partial charge in [0.2, 0.25) is 0 Å². The van der Waals surface area contributed by atoms with Crippen molar-refractivity contribution in [3.8, 4) is 22.3 Å². The highest BCUT2D eigenvalue weighted by atomic mass is 16.1. The molecule has 176 valence electrons. The fraction of sp³-hybridized carbons (Fsp3) is 0. The Hall–Kier alpha value is -5.15. The van der Waals surface area contributed by atoms with Gasteiger partial charge >= 0.3 is 0 Å². The Labute approximate surface area is 217 Å². The van der Waals surface area contributed by atoms with Gasteiger partial charge in [0.25, 0.3) is 0 Å². The van der Waals surface area contributed by atoms with E-state index in [-0.39, 0.29) is 11.6 Å². The van der Waals surface area contributed by atoms with Crippen LogP contribution in [0.2, 0.25) is 0 Å². The lowest BCUT2D eigenvalue weighted by atomic mass is 9.77. The minimum absolute atomic E-state index is 0.0834. The summed E-state index contributed by atoms with van der Waals surface area (Å²) in [5, 5.41) is 8.83. The first-order valence-electron chi connectivity index (χ1n) is 12.5. The van der Waals surface area contributed by atoms with Crippen LogP contribution in [0.4, 0.5) is 0 Å². The molecule has 9 rings (SSSR count). The molecular weight excluding hydrogens is 468 g/mol. The maximum absolute atomic E-state index is 13.5. The van der Waals surface area contributed by atoms with Crippen molar-refractivity contribution in [3.63, 3.8) is 0 Å². The van der Waals surface area contributed by atoms with Crippen LogP contribution >= 0.6 is 0 Å². The third-order valence-electron chi connectivity index (χ3n) is 8.31. The molecule has 7 aromatic carbocycles. The monoisotopic (exact) mass is 486 g/mol. The van der Waals surface area contributed by atoms with E-state index in [9.17, 15) is 9.59 Å². The number of carbonyl (C=O) groups is 3. The topological polar surface area (TPSA) is 51.2 Å². The van der Waals surface area contributed by atoms with Crippen molar-refractivity contribution in [2.24, 2.45) is 0 Å². The van der Waals surface area contributed by atoms with Crippen molar-refractivity contribution in [1.29, 1.82) is 0 Å². The number of hydrogen-bond acceptors (Lipinski definition) is 3. The summed E-state index contributed by atoms with van der Waals surface area (Å²) in [5.41, 5.74) is 7.27. The molecule has 0 aromatic heterocycles. The molecule has 3 heteroatoms. The van der Waals surface area contributed by atoms with E-state index in [1.165, 1.54) is 0 Å². The van der Waals surface area contributed by atoms with Crippen LogP contribution in [0.25, 0.3) is 65.3 Å². The highest BCUT2D eigenvalue weighted by Crippen LogP contribution is 2.50. The second-order valence-corrected chi connectivity index (χ2v) is 9.89. The molecule has 2 aliphatic carbocycles. The van der Waals surface area contributed by atoms with Gasteiger partial charge in [0.1, 0.15) is 6.79 Å². The van der Waals surface area contributed by atoms with Gasteiger partial charge in [0.05, 0.1) is 0 Å². The van der Waals surface area contributed by atoms with Crippen LogP contribution in [0.3, 0.4) is 0 Å². The van der Waals surface area contributed by atoms with Crippen molar-refractivity contribution < 1.29 is 14.4 Å². The smallest absolute Gasteiger partial charge is 0.194 e. The van der Waals surface area contributed by atoms with E-state index in [4.69, 9.17) is 4.79 Å². The predicted molar refractivity (Wildman–Crippen MR) is 153 cm³/mol. The number of carbonyl (C=O) groups excluding carboxylic acids is 3. The summed E-state index contributed by atoms with van der Waals surface area (Å²) >= 11 is 0. The number of benzene rings is 7. The minimum Gasteiger partial charge on any atom is -0.307 e. The summed E-state index contributed by atoms with van der Waals surface area (Å²) in [6.45, 7) is 2.00. The molecule has 0 aliphatic heterocycles. The second kappa shape index (κ2) is 7.21. The molecule has 3 nitrogen and oxygen atoms in total. The fourth-order valence-electron chi connectivity index (χ4n) is 6.84. The Kier molecular flexibility index (Phi) is 3.98. The van der Waals surface area contributed by atoms with E-state index in [2.05, 4.69) is 36.4 Å². The standard InChI is InChI=1S/C34H16O2.CH2O/c35-33-25-7-3-1-5-17(25)19-9-11-21-22-12-10-20-18-6-2-4-8-26(18)34(36)28-16-14-24(30(22)32(20)28)23-13-15-27(33)31(19)29(21)23;1-2/h1-16H;1H2. The molecule has 2 aliphatic rings. The van der Waals surface area contributed by atoms with Crippen molar-refractivity contribution in [1.82, 2.24) is 0 Å². The van der Waals surface area contributed by atoms with Crippen LogP contribution in [-0.4, -0.2) is 18.4 Å². The van der Waals surface area contributed by atoms with Gasteiger partial charge in [0, 0.05) is 33.0 Å². The van der Waals surface area contributed by atoms with Gasteiger partial charge in [-0.15, -0.1) is 0 Å². The average Bonchev–Trinajstić information content (AvgIpc) is 2.99. The lowest BCUT2D eigenvalue weighted by Gasteiger charge is -2.25. The quantitative estimate of drug-likeness (QED) is 0.161. The molecule has 0 spiro atoms. The van der Waals surface area contributed by atoms with Crippen molar-refractivity contribution >= 4 is 61.4 Å². The average molecular weight is 487 g/mol. The van der Waals surface area contributed by atoms with Gasteiger partial charge in [0.15, 0.2) is 11.6 Å². The van der Waals surface area contributed by atoms with E-state index < -0.39 is 0 Å². The molecule has 0 atom stereocenters. The predicted octanol–water partition coefficient (Wildman–Crippen LogP) is 7.98. The zero-order chi connectivity index (χ0) is 25.7. The first kappa shape index (κ1) is 21.0. The molecule has 0 unspecified atom stereocenters. The normalized spacial score (nSPS) is 13.1. The van der Waals surface area contributed by atoms with Gasteiger partial charge in [-0.25, -0.2) is 0 Å². The van der Waals surface area contributed by atoms with Crippen LogP contribution in [0.1, 0.15) is 31.8 Å². The Morgan fingerprint density at radius 3 is 1.00 bits per heavy atom. The van der Waals surface area contributed by atoms with E-state index in [0.717, 1.165) is 87.6 Å². The summed E-state index contributed by atoms with van der Waals surface area (Å²) in [5.74, 6) is 0.167. The molecule has 38 heavy (non-hydrogen) atoms. The van der Waals surface area contributed by atoms with Crippen molar-refractivity contribution in [2.45, 2.75) is 0 Å². The van der Waals surface area contributed by atoms with Gasteiger partial charge in [-0.3, -0.25) is 9.59 Å². The van der Waals surface area contributed by atoms with Crippen LogP contribution in [0.15, 0.2) is 97.1 Å². The maximum atomic E-state index is 13.5. The van der Waals surface area contributed by atoms with E-state index >= 15 is 0 Å². The number of hydrogen-bond donors (Lipinski definition) is 0. The first-order chi connectivity index (χ1) is 18.7. The summed E-state index contributed by atoms with van der Waals surface area (Å²) < 4.78 is 0. The Bertz CT molecular complexity index is 2030. The van der Waals surface area contributed by atoms with Crippen LogP contribution < -0.4 is 0 Å². The first-order valence-corrected chi connectivity index (χ1v) is 12.5. The van der Waals surface area contributed by atoms with Gasteiger partial charge in [-0.2, -0.15) is 0 Å². The summed E-state index contributed by atoms with van der Waals surface area (Å²) in [4.78, 5) is 35.0. The lowest BCUT2D eigenvalue weighted by molar-refractivity contribution is -0.0980. The third-order valence-corrected chi connectivity index (χ3v) is 8.31. The number of fused-ring (bicyclic) bond motifs is 6. The molecule has 0 radical (unpaired) electrons. The van der Waals surface area contributed by atoms with Crippen LogP contribution in [0, 0.1) is 0 Å². The number of ketones is 2. The van der Waals surface area contributed by atoms with Crippen molar-refractivity contribution in [2.75, 3.05) is 0 Å². The van der Waals surface area contributed by atoms with Gasteiger partial charge < -0.3 is 4.79 Å². The molecule has 0 bridgehead atoms. The highest BCUT2D eigenvalue weighted by molar-refractivity contribution is 6.41. The molecule has 0 saturated carbocycles. The second-order valence-electron chi connectivity index (χ2n) is 9.89. The Morgan fingerprint density at radius 2 is 0.632 bits per heavy atom. The molecular formula is C35H18O3. The molecule has 0 amide bonds. The zero-order valence-electron chi connectivity index (χ0n) is 20.2. The zero-order valence-corrected chi connectivity index (χ0v) is 20.2. The Balaban J connectivity index is 0.00000110. The summed E-state index contributed by atoms with van der Waals surface area (Å²) in [6, 6.07) is 32.7.